The van der Waals surface area contributed by atoms with E-state index in [4.69, 9.17) is 4.74 Å². The van der Waals surface area contributed by atoms with Gasteiger partial charge in [0, 0.05) is 31.2 Å². The van der Waals surface area contributed by atoms with E-state index in [1.54, 1.807) is 18.6 Å². The van der Waals surface area contributed by atoms with E-state index < -0.39 is 0 Å². The molecule has 16 heavy (non-hydrogen) atoms. The Kier molecular flexibility index (Phi) is 5.96. The van der Waals surface area contributed by atoms with Crippen molar-refractivity contribution in [1.29, 1.82) is 0 Å². The van der Waals surface area contributed by atoms with Gasteiger partial charge in [-0.1, -0.05) is 0 Å². The third-order valence-electron chi connectivity index (χ3n) is 2.25. The quantitative estimate of drug-likeness (QED) is 0.718. The predicted molar refractivity (Wildman–Crippen MR) is 64.2 cm³/mol. The lowest BCUT2D eigenvalue weighted by atomic mass is 10.2. The third kappa shape index (κ3) is 5.19. The topological polar surface area (TPSA) is 47.0 Å². The van der Waals surface area contributed by atoms with Crippen molar-refractivity contribution in [3.05, 3.63) is 24.3 Å². The molecule has 0 saturated heterocycles. The normalized spacial score (nSPS) is 13.0. The summed E-state index contributed by atoms with van der Waals surface area (Å²) in [5.74, 6) is 0. The maximum atomic E-state index is 5.46. The van der Waals surface area contributed by atoms with Crippen molar-refractivity contribution in [2.75, 3.05) is 13.2 Å². The van der Waals surface area contributed by atoms with Crippen LogP contribution in [0, 0.1) is 0 Å². The first-order valence-corrected chi connectivity index (χ1v) is 5.81. The van der Waals surface area contributed by atoms with Gasteiger partial charge in [0.2, 0.25) is 0 Å². The highest BCUT2D eigenvalue weighted by Crippen LogP contribution is 2.05. The van der Waals surface area contributed by atoms with E-state index in [0.29, 0.717) is 6.10 Å². The molecule has 0 fully saturated rings. The van der Waals surface area contributed by atoms with Gasteiger partial charge in [-0.25, -0.2) is 0 Å². The fourth-order valence-electron chi connectivity index (χ4n) is 1.35. The highest BCUT2D eigenvalue weighted by Gasteiger charge is 2.04. The second-order valence-corrected chi connectivity index (χ2v) is 4.08. The molecule has 1 rings (SSSR count). The maximum absolute atomic E-state index is 5.46. The summed E-state index contributed by atoms with van der Waals surface area (Å²) in [4.78, 5) is 8.30. The first-order valence-electron chi connectivity index (χ1n) is 5.81. The molecular formula is C12H21N3O. The van der Waals surface area contributed by atoms with Crippen molar-refractivity contribution in [3.63, 3.8) is 0 Å². The van der Waals surface area contributed by atoms with Gasteiger partial charge in [-0.15, -0.1) is 0 Å². The lowest BCUT2D eigenvalue weighted by molar-refractivity contribution is 0.0767. The monoisotopic (exact) mass is 223 g/mol. The van der Waals surface area contributed by atoms with Crippen LogP contribution in [0.1, 0.15) is 38.9 Å². The molecular weight excluding hydrogens is 202 g/mol. The Bertz CT molecular complexity index is 277. The Hall–Kier alpha value is -1.00. The van der Waals surface area contributed by atoms with E-state index in [-0.39, 0.29) is 6.04 Å². The number of aromatic nitrogens is 2. The van der Waals surface area contributed by atoms with Gasteiger partial charge in [-0.3, -0.25) is 9.97 Å². The average molecular weight is 223 g/mol. The van der Waals surface area contributed by atoms with E-state index in [0.717, 1.165) is 25.3 Å². The summed E-state index contributed by atoms with van der Waals surface area (Å²) in [6.07, 6.45) is 6.53. The van der Waals surface area contributed by atoms with Crippen LogP contribution in [0.3, 0.4) is 0 Å². The molecule has 1 aromatic rings. The van der Waals surface area contributed by atoms with Crippen LogP contribution >= 0.6 is 0 Å². The summed E-state index contributed by atoms with van der Waals surface area (Å²) in [7, 11) is 0. The van der Waals surface area contributed by atoms with E-state index in [9.17, 15) is 0 Å². The van der Waals surface area contributed by atoms with Crippen LogP contribution in [0.15, 0.2) is 18.6 Å². The van der Waals surface area contributed by atoms with Crippen LogP contribution in [0.2, 0.25) is 0 Å². The van der Waals surface area contributed by atoms with Gasteiger partial charge in [0.05, 0.1) is 11.8 Å². The molecule has 1 atom stereocenters. The molecule has 0 amide bonds. The number of hydrogen-bond acceptors (Lipinski definition) is 4. The molecule has 4 heteroatoms. The second-order valence-electron chi connectivity index (χ2n) is 4.08. The Morgan fingerprint density at radius 2 is 2.12 bits per heavy atom. The standard InChI is InChI=1S/C12H21N3O/c1-10(2)16-8-4-5-14-11(3)12-9-13-6-7-15-12/h6-7,9-11,14H,4-5,8H2,1-3H3. The van der Waals surface area contributed by atoms with Gasteiger partial charge in [0.15, 0.2) is 0 Å². The van der Waals surface area contributed by atoms with E-state index in [1.165, 1.54) is 0 Å². The fourth-order valence-corrected chi connectivity index (χ4v) is 1.35. The average Bonchev–Trinajstić information content (AvgIpc) is 2.29. The Morgan fingerprint density at radius 3 is 2.75 bits per heavy atom. The molecule has 1 aromatic heterocycles. The minimum atomic E-state index is 0.243. The molecule has 0 aromatic carbocycles. The molecule has 0 radical (unpaired) electrons. The Morgan fingerprint density at radius 1 is 1.31 bits per heavy atom. The summed E-state index contributed by atoms with van der Waals surface area (Å²) >= 11 is 0. The molecule has 0 aliphatic rings. The van der Waals surface area contributed by atoms with Crippen molar-refractivity contribution >= 4 is 0 Å². The lowest BCUT2D eigenvalue weighted by Gasteiger charge is -2.13. The van der Waals surface area contributed by atoms with Crippen LogP contribution in [-0.2, 0) is 4.74 Å². The largest absolute Gasteiger partial charge is 0.379 e. The Labute approximate surface area is 97.5 Å². The summed E-state index contributed by atoms with van der Waals surface area (Å²) in [5.41, 5.74) is 0.979. The second kappa shape index (κ2) is 7.30. The molecule has 90 valence electrons. The van der Waals surface area contributed by atoms with Crippen LogP contribution in [0.25, 0.3) is 0 Å². The van der Waals surface area contributed by atoms with Gasteiger partial charge in [-0.2, -0.15) is 0 Å². The zero-order valence-corrected chi connectivity index (χ0v) is 10.3. The molecule has 0 aliphatic heterocycles. The number of ether oxygens (including phenoxy) is 1. The van der Waals surface area contributed by atoms with Crippen LogP contribution in [0.5, 0.6) is 0 Å². The first kappa shape index (κ1) is 13.1. The van der Waals surface area contributed by atoms with E-state index in [1.807, 2.05) is 0 Å². The number of nitrogens with one attached hydrogen (secondary N) is 1. The summed E-state index contributed by atoms with van der Waals surface area (Å²) < 4.78 is 5.46. The number of rotatable bonds is 7. The smallest absolute Gasteiger partial charge is 0.0753 e. The SMILES string of the molecule is CC(C)OCCCNC(C)c1cnccn1. The van der Waals surface area contributed by atoms with Crippen molar-refractivity contribution in [2.24, 2.45) is 0 Å². The zero-order valence-electron chi connectivity index (χ0n) is 10.3. The van der Waals surface area contributed by atoms with Crippen molar-refractivity contribution in [1.82, 2.24) is 15.3 Å². The van der Waals surface area contributed by atoms with Crippen LogP contribution < -0.4 is 5.32 Å². The van der Waals surface area contributed by atoms with Crippen molar-refractivity contribution in [2.45, 2.75) is 39.3 Å². The van der Waals surface area contributed by atoms with Gasteiger partial charge in [-0.05, 0) is 33.7 Å². The lowest BCUT2D eigenvalue weighted by Crippen LogP contribution is -2.22. The van der Waals surface area contributed by atoms with E-state index >= 15 is 0 Å². The van der Waals surface area contributed by atoms with Crippen molar-refractivity contribution < 1.29 is 4.74 Å². The first-order chi connectivity index (χ1) is 7.70. The highest BCUT2D eigenvalue weighted by molar-refractivity contribution is 5.00. The summed E-state index contributed by atoms with van der Waals surface area (Å²) in [5, 5.41) is 3.39. The van der Waals surface area contributed by atoms with Gasteiger partial charge < -0.3 is 10.1 Å². The molecule has 1 heterocycles. The van der Waals surface area contributed by atoms with Gasteiger partial charge >= 0.3 is 0 Å². The van der Waals surface area contributed by atoms with Crippen LogP contribution in [-0.4, -0.2) is 29.2 Å². The molecule has 0 bridgehead atoms. The minimum Gasteiger partial charge on any atom is -0.379 e. The molecule has 1 unspecified atom stereocenters. The Balaban J connectivity index is 2.14. The molecule has 0 spiro atoms. The predicted octanol–water partition coefficient (Wildman–Crippen LogP) is 1.94. The number of nitrogens with zero attached hydrogens (tertiary/aromatic N) is 2. The molecule has 4 nitrogen and oxygen atoms in total. The van der Waals surface area contributed by atoms with Gasteiger partial charge in [0.25, 0.3) is 0 Å². The molecule has 0 aliphatic carbocycles. The van der Waals surface area contributed by atoms with Gasteiger partial charge in [0.1, 0.15) is 0 Å². The van der Waals surface area contributed by atoms with E-state index in [2.05, 4.69) is 36.1 Å². The third-order valence-corrected chi connectivity index (χ3v) is 2.25. The molecule has 1 N–H and O–H groups in total. The van der Waals surface area contributed by atoms with Crippen molar-refractivity contribution in [3.8, 4) is 0 Å². The highest BCUT2D eigenvalue weighted by atomic mass is 16.5. The minimum absolute atomic E-state index is 0.243. The van der Waals surface area contributed by atoms with Crippen LogP contribution in [0.4, 0.5) is 0 Å². The molecule has 0 saturated carbocycles. The summed E-state index contributed by atoms with van der Waals surface area (Å²) in [6.45, 7) is 7.93. The maximum Gasteiger partial charge on any atom is 0.0753 e. The number of hydrogen-bond donors (Lipinski definition) is 1. The zero-order chi connectivity index (χ0) is 11.8. The summed E-state index contributed by atoms with van der Waals surface area (Å²) in [6, 6.07) is 0.243. The fraction of sp³-hybridized carbons (Fsp3) is 0.667.